The maximum Gasteiger partial charge on any atom is 0.137 e. The number of rotatable bonds is 4. The number of hydrogen-bond acceptors (Lipinski definition) is 5. The second-order valence-electron chi connectivity index (χ2n) is 6.97. The third-order valence-corrected chi connectivity index (χ3v) is 5.30. The first-order valence-corrected chi connectivity index (χ1v) is 8.96. The van der Waals surface area contributed by atoms with Crippen LogP contribution in [0.4, 0.5) is 10.2 Å². The summed E-state index contributed by atoms with van der Waals surface area (Å²) < 4.78 is 15.6. The summed E-state index contributed by atoms with van der Waals surface area (Å²) >= 11 is 0. The predicted octanol–water partition coefficient (Wildman–Crippen LogP) is 3.00. The largest absolute Gasteiger partial charge is 0.369 e. The van der Waals surface area contributed by atoms with Crippen molar-refractivity contribution < 1.29 is 4.39 Å². The van der Waals surface area contributed by atoms with Gasteiger partial charge in [0.25, 0.3) is 0 Å². The molecule has 0 aliphatic carbocycles. The highest BCUT2D eigenvalue weighted by Crippen LogP contribution is 2.35. The average molecular weight is 354 g/mol. The van der Waals surface area contributed by atoms with E-state index in [9.17, 15) is 4.39 Å². The summed E-state index contributed by atoms with van der Waals surface area (Å²) in [6, 6.07) is 6.99. The van der Waals surface area contributed by atoms with Crippen molar-refractivity contribution in [2.24, 2.45) is 13.0 Å². The first kappa shape index (κ1) is 16.9. The Morgan fingerprint density at radius 3 is 2.92 bits per heavy atom. The highest BCUT2D eigenvalue weighted by Gasteiger charge is 2.32. The van der Waals surface area contributed by atoms with Gasteiger partial charge in [-0.3, -0.25) is 9.58 Å². The van der Waals surface area contributed by atoms with Crippen LogP contribution in [0.2, 0.25) is 0 Å². The fourth-order valence-electron chi connectivity index (χ4n) is 4.01. The van der Waals surface area contributed by atoms with E-state index in [0.717, 1.165) is 31.4 Å². The minimum Gasteiger partial charge on any atom is -0.369 e. The van der Waals surface area contributed by atoms with Crippen LogP contribution in [-0.2, 0) is 7.05 Å². The first-order valence-electron chi connectivity index (χ1n) is 8.96. The molecular formula is C19H23FN6. The third kappa shape index (κ3) is 3.14. The molecule has 4 rings (SSSR count). The lowest BCUT2D eigenvalue weighted by Gasteiger charge is -2.39. The normalized spacial score (nSPS) is 21.2. The minimum absolute atomic E-state index is 0.277. The lowest BCUT2D eigenvalue weighted by Crippen LogP contribution is -2.40. The molecule has 1 aromatic carbocycles. The van der Waals surface area contributed by atoms with E-state index in [1.54, 1.807) is 6.07 Å². The van der Waals surface area contributed by atoms with E-state index < -0.39 is 0 Å². The zero-order valence-electron chi connectivity index (χ0n) is 15.1. The van der Waals surface area contributed by atoms with Gasteiger partial charge in [-0.25, -0.2) is 14.4 Å². The Balaban J connectivity index is 1.58. The van der Waals surface area contributed by atoms with Gasteiger partial charge in [0.15, 0.2) is 0 Å². The Morgan fingerprint density at radius 1 is 1.23 bits per heavy atom. The Kier molecular flexibility index (Phi) is 4.55. The van der Waals surface area contributed by atoms with Gasteiger partial charge in [-0.15, -0.1) is 0 Å². The van der Waals surface area contributed by atoms with E-state index in [0.29, 0.717) is 23.2 Å². The molecule has 3 heterocycles. The molecule has 0 unspecified atom stereocenters. The monoisotopic (exact) mass is 354 g/mol. The molecule has 1 N–H and O–H groups in total. The van der Waals surface area contributed by atoms with E-state index in [1.807, 2.05) is 17.9 Å². The molecule has 2 aromatic heterocycles. The van der Waals surface area contributed by atoms with Crippen LogP contribution < -0.4 is 5.32 Å². The zero-order chi connectivity index (χ0) is 18.1. The second kappa shape index (κ2) is 6.99. The second-order valence-corrected chi connectivity index (χ2v) is 6.97. The van der Waals surface area contributed by atoms with Crippen LogP contribution in [-0.4, -0.2) is 44.8 Å². The lowest BCUT2D eigenvalue weighted by atomic mass is 9.87. The maximum atomic E-state index is 13.7. The number of aryl methyl sites for hydroxylation is 1. The summed E-state index contributed by atoms with van der Waals surface area (Å²) in [5.74, 6) is 0.828. The molecule has 0 saturated carbocycles. The van der Waals surface area contributed by atoms with Crippen molar-refractivity contribution in [1.82, 2.24) is 24.6 Å². The molecule has 3 aromatic rings. The van der Waals surface area contributed by atoms with Crippen molar-refractivity contribution in [3.63, 3.8) is 0 Å². The SMILES string of the molecule is CN1CCC[C@@H](CNc2ncnc3ccc(F)cc23)[C@@H]1c1ccnn1C. The van der Waals surface area contributed by atoms with Gasteiger partial charge in [0.05, 0.1) is 17.3 Å². The van der Waals surface area contributed by atoms with Gasteiger partial charge < -0.3 is 5.32 Å². The number of aromatic nitrogens is 4. The molecule has 1 aliphatic rings. The maximum absolute atomic E-state index is 13.7. The Morgan fingerprint density at radius 2 is 2.12 bits per heavy atom. The van der Waals surface area contributed by atoms with Gasteiger partial charge >= 0.3 is 0 Å². The molecule has 2 atom stereocenters. The Bertz CT molecular complexity index is 908. The van der Waals surface area contributed by atoms with Gasteiger partial charge in [-0.05, 0) is 56.6 Å². The van der Waals surface area contributed by atoms with Crippen molar-refractivity contribution in [3.05, 3.63) is 48.3 Å². The van der Waals surface area contributed by atoms with Crippen molar-refractivity contribution in [2.75, 3.05) is 25.5 Å². The molecule has 7 heteroatoms. The van der Waals surface area contributed by atoms with E-state index in [2.05, 4.69) is 38.4 Å². The fraction of sp³-hybridized carbons (Fsp3) is 0.421. The predicted molar refractivity (Wildman–Crippen MR) is 99.3 cm³/mol. The Hall–Kier alpha value is -2.54. The van der Waals surface area contributed by atoms with Crippen molar-refractivity contribution in [1.29, 1.82) is 0 Å². The molecular weight excluding hydrogens is 331 g/mol. The number of nitrogens with zero attached hydrogens (tertiary/aromatic N) is 5. The molecule has 0 amide bonds. The molecule has 1 fully saturated rings. The number of anilines is 1. The van der Waals surface area contributed by atoms with Crippen molar-refractivity contribution >= 4 is 16.7 Å². The minimum atomic E-state index is -0.277. The number of benzene rings is 1. The van der Waals surface area contributed by atoms with Crippen LogP contribution in [0.5, 0.6) is 0 Å². The summed E-state index contributed by atoms with van der Waals surface area (Å²) in [5, 5.41) is 8.50. The fourth-order valence-corrected chi connectivity index (χ4v) is 4.01. The van der Waals surface area contributed by atoms with Crippen molar-refractivity contribution in [2.45, 2.75) is 18.9 Å². The molecule has 1 saturated heterocycles. The van der Waals surface area contributed by atoms with Crippen molar-refractivity contribution in [3.8, 4) is 0 Å². The van der Waals surface area contributed by atoms with Crippen LogP contribution in [0.1, 0.15) is 24.6 Å². The molecule has 136 valence electrons. The van der Waals surface area contributed by atoms with Crippen LogP contribution in [0.25, 0.3) is 10.9 Å². The first-order chi connectivity index (χ1) is 12.6. The van der Waals surface area contributed by atoms with Crippen LogP contribution in [0.3, 0.4) is 0 Å². The number of nitrogens with one attached hydrogen (secondary N) is 1. The third-order valence-electron chi connectivity index (χ3n) is 5.30. The number of fused-ring (bicyclic) bond motifs is 1. The van der Waals surface area contributed by atoms with Gasteiger partial charge in [0, 0.05) is 25.2 Å². The zero-order valence-corrected chi connectivity index (χ0v) is 15.1. The summed E-state index contributed by atoms with van der Waals surface area (Å²) in [7, 11) is 4.16. The summed E-state index contributed by atoms with van der Waals surface area (Å²) in [6.45, 7) is 1.84. The van der Waals surface area contributed by atoms with E-state index in [1.165, 1.54) is 24.2 Å². The van der Waals surface area contributed by atoms with Crippen LogP contribution in [0, 0.1) is 11.7 Å². The van der Waals surface area contributed by atoms with Gasteiger partial charge in [0.1, 0.15) is 18.0 Å². The van der Waals surface area contributed by atoms with Gasteiger partial charge in [0.2, 0.25) is 0 Å². The molecule has 0 bridgehead atoms. The lowest BCUT2D eigenvalue weighted by molar-refractivity contribution is 0.121. The summed E-state index contributed by atoms with van der Waals surface area (Å²) in [6.07, 6.45) is 5.66. The summed E-state index contributed by atoms with van der Waals surface area (Å²) in [5.41, 5.74) is 1.96. The smallest absolute Gasteiger partial charge is 0.137 e. The van der Waals surface area contributed by atoms with E-state index in [4.69, 9.17) is 0 Å². The quantitative estimate of drug-likeness (QED) is 0.780. The van der Waals surface area contributed by atoms with Gasteiger partial charge in [-0.1, -0.05) is 0 Å². The molecule has 26 heavy (non-hydrogen) atoms. The highest BCUT2D eigenvalue weighted by molar-refractivity contribution is 5.88. The van der Waals surface area contributed by atoms with E-state index >= 15 is 0 Å². The highest BCUT2D eigenvalue weighted by atomic mass is 19.1. The molecule has 0 radical (unpaired) electrons. The standard InChI is InChI=1S/C19H23FN6/c1-25-9-3-4-13(18(25)17-7-8-24-26(17)2)11-21-19-15-10-14(20)5-6-16(15)22-12-23-19/h5-8,10,12-13,18H,3-4,9,11H2,1-2H3,(H,21,22,23)/t13-,18+/m0/s1. The van der Waals surface area contributed by atoms with Crippen LogP contribution in [0.15, 0.2) is 36.8 Å². The number of hydrogen-bond donors (Lipinski definition) is 1. The average Bonchev–Trinajstić information content (AvgIpc) is 3.05. The molecule has 0 spiro atoms. The van der Waals surface area contributed by atoms with Crippen LogP contribution >= 0.6 is 0 Å². The number of halogens is 1. The molecule has 6 nitrogen and oxygen atoms in total. The topological polar surface area (TPSA) is 58.9 Å². The molecule has 1 aliphatic heterocycles. The Labute approximate surface area is 152 Å². The van der Waals surface area contributed by atoms with E-state index in [-0.39, 0.29) is 5.82 Å². The number of likely N-dealkylation sites (tertiary alicyclic amines) is 1. The van der Waals surface area contributed by atoms with Gasteiger partial charge in [-0.2, -0.15) is 5.10 Å². The summed E-state index contributed by atoms with van der Waals surface area (Å²) in [4.78, 5) is 10.9. The number of piperidine rings is 1.